The number of likely N-dealkylation sites (N-methyl/N-ethyl adjacent to an activating group) is 1. The van der Waals surface area contributed by atoms with Crippen LogP contribution in [0.2, 0.25) is 0 Å². The molecular formula is C28H36N2O4. The molecule has 0 spiro atoms. The Morgan fingerprint density at radius 3 is 2.65 bits per heavy atom. The minimum atomic E-state index is -1.20. The summed E-state index contributed by atoms with van der Waals surface area (Å²) >= 11 is 0. The Hall–Kier alpha value is -2.09. The number of hydrogen-bond donors (Lipinski definition) is 4. The summed E-state index contributed by atoms with van der Waals surface area (Å²) in [6, 6.07) is 3.61. The highest BCUT2D eigenvalue weighted by atomic mass is 16.3. The lowest BCUT2D eigenvalue weighted by Gasteiger charge is -2.46. The molecule has 7 atom stereocenters. The minimum Gasteiger partial charge on any atom is -0.388 e. The van der Waals surface area contributed by atoms with E-state index in [2.05, 4.69) is 30.1 Å². The number of pyridine rings is 1. The van der Waals surface area contributed by atoms with Crippen molar-refractivity contribution in [2.24, 2.45) is 11.3 Å². The first-order valence-electron chi connectivity index (χ1n) is 12.3. The SMILES string of the molecule is CN(C)C1CC2(O)CCC3=C(C=C2C(O)C1O)C(O)CC1(C)C(C=Cc2cccnc2)=CCC31. The van der Waals surface area contributed by atoms with Crippen molar-refractivity contribution in [2.75, 3.05) is 14.1 Å². The number of fused-ring (bicyclic) bond motifs is 3. The monoisotopic (exact) mass is 464 g/mol. The summed E-state index contributed by atoms with van der Waals surface area (Å²) in [4.78, 5) is 6.05. The largest absolute Gasteiger partial charge is 0.388 e. The fourth-order valence-electron chi connectivity index (χ4n) is 6.80. The maximum atomic E-state index is 11.7. The van der Waals surface area contributed by atoms with Crippen molar-refractivity contribution in [1.29, 1.82) is 0 Å². The molecule has 1 aromatic rings. The highest BCUT2D eigenvalue weighted by Gasteiger charge is 2.53. The summed E-state index contributed by atoms with van der Waals surface area (Å²) in [5.74, 6) is 0.242. The number of aromatic nitrogens is 1. The molecule has 4 aliphatic rings. The first kappa shape index (κ1) is 23.6. The molecule has 6 heteroatoms. The highest BCUT2D eigenvalue weighted by Crippen LogP contribution is 2.58. The molecule has 1 heterocycles. The number of aliphatic hydroxyl groups excluding tert-OH is 3. The third-order valence-corrected chi connectivity index (χ3v) is 8.81. The maximum absolute atomic E-state index is 11.7. The summed E-state index contributed by atoms with van der Waals surface area (Å²) < 4.78 is 0. The predicted molar refractivity (Wildman–Crippen MR) is 132 cm³/mol. The van der Waals surface area contributed by atoms with E-state index in [9.17, 15) is 20.4 Å². The lowest BCUT2D eigenvalue weighted by atomic mass is 9.62. The van der Waals surface area contributed by atoms with Gasteiger partial charge in [-0.1, -0.05) is 42.9 Å². The van der Waals surface area contributed by atoms with Gasteiger partial charge in [0.1, 0.15) is 6.10 Å². The van der Waals surface area contributed by atoms with Crippen molar-refractivity contribution in [1.82, 2.24) is 9.88 Å². The Morgan fingerprint density at radius 2 is 1.94 bits per heavy atom. The van der Waals surface area contributed by atoms with Crippen LogP contribution in [0.15, 0.2) is 65.0 Å². The summed E-state index contributed by atoms with van der Waals surface area (Å²) in [5, 5.41) is 44.7. The van der Waals surface area contributed by atoms with E-state index in [-0.39, 0.29) is 17.4 Å². The maximum Gasteiger partial charge on any atom is 0.105 e. The minimum absolute atomic E-state index is 0.197. The van der Waals surface area contributed by atoms with Gasteiger partial charge in [0.2, 0.25) is 0 Å². The molecule has 1 saturated carbocycles. The van der Waals surface area contributed by atoms with E-state index >= 15 is 0 Å². The topological polar surface area (TPSA) is 97.1 Å². The third kappa shape index (κ3) is 3.73. The van der Waals surface area contributed by atoms with E-state index in [1.54, 1.807) is 6.20 Å². The van der Waals surface area contributed by atoms with Crippen molar-refractivity contribution >= 4 is 6.08 Å². The van der Waals surface area contributed by atoms with Crippen molar-refractivity contribution in [2.45, 2.75) is 69.0 Å². The third-order valence-electron chi connectivity index (χ3n) is 8.81. The molecule has 0 amide bonds. The van der Waals surface area contributed by atoms with Crippen LogP contribution in [0.25, 0.3) is 6.08 Å². The Labute approximate surface area is 201 Å². The molecule has 0 radical (unpaired) electrons. The van der Waals surface area contributed by atoms with Gasteiger partial charge in [-0.05, 0) is 80.5 Å². The second-order valence-corrected chi connectivity index (χ2v) is 11.0. The molecule has 1 fully saturated rings. The van der Waals surface area contributed by atoms with Gasteiger partial charge in [-0.3, -0.25) is 4.98 Å². The second-order valence-electron chi connectivity index (χ2n) is 11.0. The molecule has 1 aromatic heterocycles. The number of hydrogen-bond acceptors (Lipinski definition) is 6. The molecule has 0 aromatic carbocycles. The quantitative estimate of drug-likeness (QED) is 0.549. The van der Waals surface area contributed by atoms with Crippen LogP contribution in [0.3, 0.4) is 0 Å². The molecule has 7 unspecified atom stereocenters. The van der Waals surface area contributed by atoms with Gasteiger partial charge in [0, 0.05) is 23.9 Å². The molecule has 4 N–H and O–H groups in total. The molecule has 6 nitrogen and oxygen atoms in total. The normalized spacial score (nSPS) is 39.9. The first-order valence-corrected chi connectivity index (χ1v) is 12.3. The Morgan fingerprint density at radius 1 is 1.15 bits per heavy atom. The van der Waals surface area contributed by atoms with Crippen LogP contribution in [0, 0.1) is 11.3 Å². The zero-order valence-electron chi connectivity index (χ0n) is 20.2. The average molecular weight is 465 g/mol. The number of allylic oxidation sites excluding steroid dienone is 4. The van der Waals surface area contributed by atoms with Gasteiger partial charge in [-0.25, -0.2) is 0 Å². The van der Waals surface area contributed by atoms with Crippen LogP contribution < -0.4 is 0 Å². The fourth-order valence-corrected chi connectivity index (χ4v) is 6.80. The number of aliphatic hydroxyl groups is 4. The smallest absolute Gasteiger partial charge is 0.105 e. The van der Waals surface area contributed by atoms with E-state index in [0.717, 1.165) is 17.6 Å². The van der Waals surface area contributed by atoms with Crippen LogP contribution >= 0.6 is 0 Å². The lowest BCUT2D eigenvalue weighted by Crippen LogP contribution is -2.58. The van der Waals surface area contributed by atoms with Crippen LogP contribution in [0.1, 0.15) is 44.6 Å². The molecule has 0 aliphatic heterocycles. The number of nitrogens with zero attached hydrogens (tertiary/aromatic N) is 2. The second kappa shape index (κ2) is 8.54. The van der Waals surface area contributed by atoms with Crippen LogP contribution in [-0.2, 0) is 0 Å². The van der Waals surface area contributed by atoms with Crippen LogP contribution in [0.5, 0.6) is 0 Å². The zero-order valence-corrected chi connectivity index (χ0v) is 20.2. The van der Waals surface area contributed by atoms with E-state index in [1.165, 1.54) is 11.1 Å². The summed E-state index contributed by atoms with van der Waals surface area (Å²) in [6.45, 7) is 2.23. The highest BCUT2D eigenvalue weighted by molar-refractivity contribution is 5.56. The predicted octanol–water partition coefficient (Wildman–Crippen LogP) is 2.62. The van der Waals surface area contributed by atoms with E-state index in [4.69, 9.17) is 0 Å². The Kier molecular flexibility index (Phi) is 5.94. The lowest BCUT2D eigenvalue weighted by molar-refractivity contribution is -0.0922. The summed E-state index contributed by atoms with van der Waals surface area (Å²) in [7, 11) is 3.72. The molecule has 34 heavy (non-hydrogen) atoms. The van der Waals surface area contributed by atoms with Crippen molar-refractivity contribution < 1.29 is 20.4 Å². The van der Waals surface area contributed by atoms with E-state index < -0.39 is 23.9 Å². The molecule has 4 aliphatic carbocycles. The van der Waals surface area contributed by atoms with Gasteiger partial charge < -0.3 is 25.3 Å². The summed E-state index contributed by atoms with van der Waals surface area (Å²) in [6.07, 6.45) is 12.1. The van der Waals surface area contributed by atoms with Gasteiger partial charge in [0.05, 0.1) is 17.8 Å². The standard InChI is InChI=1S/C28H36N2O4/c1-27-15-24(31)20-13-22-25(32)26(33)23(30(2)3)14-28(22,34)11-10-19(20)21(27)9-8-18(27)7-6-17-5-4-12-29-16-17/h4-8,12-13,16,21,23-26,31-34H,9-11,14-15H2,1-3H3. The van der Waals surface area contributed by atoms with Crippen LogP contribution in [0.4, 0.5) is 0 Å². The van der Waals surface area contributed by atoms with Crippen molar-refractivity contribution in [3.63, 3.8) is 0 Å². The number of rotatable bonds is 3. The van der Waals surface area contributed by atoms with E-state index in [0.29, 0.717) is 31.3 Å². The first-order chi connectivity index (χ1) is 16.1. The molecule has 0 bridgehead atoms. The van der Waals surface area contributed by atoms with Gasteiger partial charge in [-0.2, -0.15) is 0 Å². The molecule has 182 valence electrons. The van der Waals surface area contributed by atoms with Gasteiger partial charge >= 0.3 is 0 Å². The molecule has 0 saturated heterocycles. The van der Waals surface area contributed by atoms with Crippen molar-refractivity contribution in [3.05, 3.63) is 70.6 Å². The zero-order chi connectivity index (χ0) is 24.3. The average Bonchev–Trinajstić information content (AvgIpc) is 3.03. The van der Waals surface area contributed by atoms with Gasteiger partial charge in [0.15, 0.2) is 0 Å². The fraction of sp³-hybridized carbons (Fsp3) is 0.536. The van der Waals surface area contributed by atoms with Crippen molar-refractivity contribution in [3.8, 4) is 0 Å². The molecular weight excluding hydrogens is 428 g/mol. The molecule has 5 rings (SSSR count). The van der Waals surface area contributed by atoms with Crippen LogP contribution in [-0.4, -0.2) is 74.4 Å². The van der Waals surface area contributed by atoms with E-state index in [1.807, 2.05) is 43.4 Å². The van der Waals surface area contributed by atoms with Gasteiger partial charge in [-0.15, -0.1) is 0 Å². The Bertz CT molecular complexity index is 1080. The Balaban J connectivity index is 1.47. The van der Waals surface area contributed by atoms with Gasteiger partial charge in [0.25, 0.3) is 0 Å². The summed E-state index contributed by atoms with van der Waals surface area (Å²) in [5.41, 5.74) is 3.33.